The van der Waals surface area contributed by atoms with Gasteiger partial charge >= 0.3 is 58.2 Å². The average molecular weight is 530 g/mol. The van der Waals surface area contributed by atoms with Gasteiger partial charge in [0, 0.05) is 5.41 Å². The first-order valence-electron chi connectivity index (χ1n) is 12.6. The summed E-state index contributed by atoms with van der Waals surface area (Å²) in [7, 11) is 0. The van der Waals surface area contributed by atoms with Crippen molar-refractivity contribution in [2.75, 3.05) is 0 Å². The second-order valence-corrected chi connectivity index (χ2v) is 13.3. The van der Waals surface area contributed by atoms with Crippen molar-refractivity contribution in [1.29, 1.82) is 0 Å². The van der Waals surface area contributed by atoms with Crippen molar-refractivity contribution >= 4 is 5.91 Å². The Balaban J connectivity index is 0. The van der Waals surface area contributed by atoms with Gasteiger partial charge in [-0.1, -0.05) is 135 Å². The molecule has 1 aromatic rings. The molecule has 2 nitrogen and oxygen atoms in total. The Morgan fingerprint density at radius 1 is 0.758 bits per heavy atom. The monoisotopic (exact) mass is 529 g/mol. The Morgan fingerprint density at radius 3 is 1.52 bits per heavy atom. The van der Waals surface area contributed by atoms with E-state index in [2.05, 4.69) is 114 Å². The molecule has 0 aromatic heterocycles. The first-order chi connectivity index (χ1) is 14.2. The van der Waals surface area contributed by atoms with Crippen LogP contribution in [0.15, 0.2) is 24.3 Å². The van der Waals surface area contributed by atoms with Crippen LogP contribution in [0.25, 0.3) is 5.32 Å². The molecule has 33 heavy (non-hydrogen) atoms. The van der Waals surface area contributed by atoms with Crippen LogP contribution in [0.2, 0.25) is 0 Å². The summed E-state index contributed by atoms with van der Waals surface area (Å²) in [5, 5.41) is 4.75. The summed E-state index contributed by atoms with van der Waals surface area (Å²) >= 11 is 0. The van der Waals surface area contributed by atoms with Crippen LogP contribution in [0, 0.1) is 16.7 Å². The molecule has 0 heterocycles. The van der Waals surface area contributed by atoms with E-state index in [1.807, 2.05) is 13.8 Å². The van der Waals surface area contributed by atoms with Gasteiger partial charge in [-0.25, -0.2) is 0 Å². The molecule has 1 rings (SSSR count). The van der Waals surface area contributed by atoms with E-state index in [1.54, 1.807) is 0 Å². The van der Waals surface area contributed by atoms with E-state index in [9.17, 15) is 4.79 Å². The molecule has 0 saturated heterocycles. The predicted octanol–water partition coefficient (Wildman–Crippen LogP) is 6.46. The van der Waals surface area contributed by atoms with Gasteiger partial charge < -0.3 is 10.1 Å². The van der Waals surface area contributed by atoms with E-state index in [1.165, 1.54) is 11.1 Å². The molecule has 186 valence electrons. The van der Waals surface area contributed by atoms with Crippen molar-refractivity contribution in [3.63, 3.8) is 0 Å². The summed E-state index contributed by atoms with van der Waals surface area (Å²) in [6, 6.07) is 8.97. The number of amides is 1. The normalized spacial score (nSPS) is 13.1. The molecule has 0 fully saturated rings. The third-order valence-electron chi connectivity index (χ3n) is 6.85. The maximum atomic E-state index is 13.2. The van der Waals surface area contributed by atoms with Crippen LogP contribution < -0.4 is 58.2 Å². The quantitative estimate of drug-likeness (QED) is 0.380. The molecule has 0 aliphatic rings. The fraction of sp³-hybridized carbons (Fsp3) is 0.767. The number of rotatable bonds is 8. The number of hydrogen-bond donors (Lipinski definition) is 0. The molecule has 0 aliphatic heterocycles. The van der Waals surface area contributed by atoms with Gasteiger partial charge in [0.25, 0.3) is 0 Å². The molecule has 0 atom stereocenters. The molecule has 3 heteroatoms. The topological polar surface area (TPSA) is 31.2 Å². The third kappa shape index (κ3) is 11.4. The number of nitrogens with zero attached hydrogens (tertiary/aromatic N) is 1. The minimum atomic E-state index is -0.455. The Labute approximate surface area is 256 Å². The number of benzene rings is 1. The summed E-state index contributed by atoms with van der Waals surface area (Å²) in [5.74, 6) is 0.549. The number of hydrogen-bond acceptors (Lipinski definition) is 1. The molecule has 0 saturated carbocycles. The zero-order chi connectivity index (χ0) is 25.8. The molecular formula is C30H54NORb. The van der Waals surface area contributed by atoms with Gasteiger partial charge in [-0.05, 0) is 39.7 Å². The van der Waals surface area contributed by atoms with Crippen LogP contribution >= 0.6 is 0 Å². The molecule has 0 unspecified atom stereocenters. The minimum Gasteiger partial charge on any atom is -0.648 e. The Morgan fingerprint density at radius 2 is 1.15 bits per heavy atom. The Hall–Kier alpha value is 0.495. The van der Waals surface area contributed by atoms with E-state index >= 15 is 0 Å². The molecular weight excluding hydrogens is 476 g/mol. The van der Waals surface area contributed by atoms with E-state index in [-0.39, 0.29) is 80.3 Å². The number of carbonyl (C=O) groups excluding carboxylic acids is 1. The van der Waals surface area contributed by atoms with Crippen LogP contribution in [0.3, 0.4) is 0 Å². The van der Waals surface area contributed by atoms with Crippen LogP contribution in [-0.4, -0.2) is 11.4 Å². The third-order valence-corrected chi connectivity index (χ3v) is 6.85. The van der Waals surface area contributed by atoms with Crippen molar-refractivity contribution in [3.8, 4) is 0 Å². The first-order valence-corrected chi connectivity index (χ1v) is 12.6. The van der Waals surface area contributed by atoms with Gasteiger partial charge in [-0.15, -0.1) is 5.54 Å². The molecule has 1 amide bonds. The molecule has 1 aromatic carbocycles. The van der Waals surface area contributed by atoms with Gasteiger partial charge in [-0.2, -0.15) is 0 Å². The summed E-state index contributed by atoms with van der Waals surface area (Å²) < 4.78 is 0. The van der Waals surface area contributed by atoms with Gasteiger partial charge in [-0.3, -0.25) is 0 Å². The van der Waals surface area contributed by atoms with Gasteiger partial charge in [0.05, 0.1) is 5.91 Å². The largest absolute Gasteiger partial charge is 1.00 e. The van der Waals surface area contributed by atoms with Gasteiger partial charge in [0.1, 0.15) is 0 Å². The van der Waals surface area contributed by atoms with Crippen molar-refractivity contribution in [3.05, 3.63) is 40.7 Å². The van der Waals surface area contributed by atoms with Crippen LogP contribution in [-0.2, 0) is 15.6 Å². The number of carbonyl (C=O) groups is 1. The van der Waals surface area contributed by atoms with Crippen molar-refractivity contribution < 1.29 is 63.0 Å². The van der Waals surface area contributed by atoms with E-state index in [0.29, 0.717) is 5.92 Å². The van der Waals surface area contributed by atoms with E-state index in [4.69, 9.17) is 5.32 Å². The average Bonchev–Trinajstić information content (AvgIpc) is 2.60. The fourth-order valence-corrected chi connectivity index (χ4v) is 4.49. The molecule has 0 bridgehead atoms. The predicted molar refractivity (Wildman–Crippen MR) is 144 cm³/mol. The van der Waals surface area contributed by atoms with E-state index in [0.717, 1.165) is 12.8 Å². The molecule has 0 spiro atoms. The summed E-state index contributed by atoms with van der Waals surface area (Å²) in [4.78, 5) is 13.2. The fourth-order valence-electron chi connectivity index (χ4n) is 4.49. The zero-order valence-electron chi connectivity index (χ0n) is 25.2. The van der Waals surface area contributed by atoms with Crippen molar-refractivity contribution in [1.82, 2.24) is 0 Å². The Kier molecular flexibility index (Phi) is 14.2. The summed E-state index contributed by atoms with van der Waals surface area (Å²) in [6.07, 6.45) is 1.66. The van der Waals surface area contributed by atoms with Crippen LogP contribution in [0.4, 0.5) is 0 Å². The van der Waals surface area contributed by atoms with Gasteiger partial charge in [0.2, 0.25) is 0 Å². The van der Waals surface area contributed by atoms with Crippen LogP contribution in [0.1, 0.15) is 128 Å². The van der Waals surface area contributed by atoms with E-state index < -0.39 is 11.0 Å². The zero-order valence-corrected chi connectivity index (χ0v) is 30.1. The standard InChI is InChI=1S/C28H49NO.C2H6.Rb/c1-20(2)25(6,7)18-27(10,11)23(30)29-28(12,13)19-26(8,9)22-16-14-21(15-17-22)24(3,4)5;1-2;/h14-17,20H,18-19H2,1-13H3,(H,29,30);1-2H3;/q;;+1/p-1. The maximum Gasteiger partial charge on any atom is 1.00 e. The maximum absolute atomic E-state index is 13.2. The Bertz CT molecular complexity index is 719. The smallest absolute Gasteiger partial charge is 0.648 e. The minimum absolute atomic E-state index is 0. The summed E-state index contributed by atoms with van der Waals surface area (Å²) in [5.41, 5.74) is 1.96. The molecule has 0 N–H and O–H groups in total. The second kappa shape index (κ2) is 13.2. The molecule has 0 radical (unpaired) electrons. The van der Waals surface area contributed by atoms with Crippen LogP contribution in [0.5, 0.6) is 0 Å². The second-order valence-electron chi connectivity index (χ2n) is 13.3. The SMILES string of the molecule is CC.CC(C)C(C)(C)CC(C)(C)C(=O)[N-]C(C)(C)CC(C)(C)c1ccc(C(C)(C)C)cc1.[Rb+]. The van der Waals surface area contributed by atoms with Gasteiger partial charge in [0.15, 0.2) is 0 Å². The molecule has 0 aliphatic carbocycles. The van der Waals surface area contributed by atoms with Crippen molar-refractivity contribution in [2.24, 2.45) is 16.7 Å². The summed E-state index contributed by atoms with van der Waals surface area (Å²) in [6.45, 7) is 32.5. The van der Waals surface area contributed by atoms with Crippen molar-refractivity contribution in [2.45, 2.75) is 133 Å². The first kappa shape index (κ1) is 35.7.